The molecule has 31 heavy (non-hydrogen) atoms. The van der Waals surface area contributed by atoms with Crippen LogP contribution in [0.2, 0.25) is 0 Å². The zero-order valence-electron chi connectivity index (χ0n) is 17.6. The van der Waals surface area contributed by atoms with Gasteiger partial charge in [-0.25, -0.2) is 13.2 Å². The van der Waals surface area contributed by atoms with Crippen LogP contribution in [0.4, 0.5) is 10.5 Å². The molecule has 12 heteroatoms. The van der Waals surface area contributed by atoms with Gasteiger partial charge in [-0.15, -0.1) is 0 Å². The number of sulfonamides is 1. The molecule has 2 saturated heterocycles. The Morgan fingerprint density at radius 2 is 1.97 bits per heavy atom. The van der Waals surface area contributed by atoms with Crippen molar-refractivity contribution < 1.29 is 32.3 Å². The summed E-state index contributed by atoms with van der Waals surface area (Å²) in [6.07, 6.45) is 0. The van der Waals surface area contributed by atoms with E-state index in [1.165, 1.54) is 29.6 Å². The van der Waals surface area contributed by atoms with E-state index in [4.69, 9.17) is 9.47 Å². The van der Waals surface area contributed by atoms with Crippen LogP contribution < -0.4 is 15.4 Å². The molecule has 1 unspecified atom stereocenters. The number of amides is 4. The molecule has 0 spiro atoms. The van der Waals surface area contributed by atoms with E-state index in [1.54, 1.807) is 13.8 Å². The van der Waals surface area contributed by atoms with Crippen molar-refractivity contribution in [2.24, 2.45) is 5.92 Å². The first-order valence-electron chi connectivity index (χ1n) is 9.82. The fourth-order valence-corrected chi connectivity index (χ4v) is 4.79. The van der Waals surface area contributed by atoms with Crippen molar-refractivity contribution >= 4 is 33.6 Å². The number of carbonyl (C=O) groups is 3. The Kier molecular flexibility index (Phi) is 6.82. The van der Waals surface area contributed by atoms with Gasteiger partial charge in [0, 0.05) is 13.1 Å². The summed E-state index contributed by atoms with van der Waals surface area (Å²) in [7, 11) is -2.40. The number of ether oxygens (including phenoxy) is 2. The number of morpholine rings is 1. The van der Waals surface area contributed by atoms with Crippen LogP contribution in [0.15, 0.2) is 23.1 Å². The van der Waals surface area contributed by atoms with Gasteiger partial charge in [-0.05, 0) is 24.1 Å². The SMILES string of the molecule is COc1ccc(S(=O)(=O)N2CCOCC2)cc1NC(=O)CN1C(=O)NC(C(C)C)C1=O. The van der Waals surface area contributed by atoms with Crippen molar-refractivity contribution in [1.29, 1.82) is 0 Å². The van der Waals surface area contributed by atoms with Crippen LogP contribution in [-0.4, -0.2) is 81.5 Å². The first-order valence-corrected chi connectivity index (χ1v) is 11.3. The van der Waals surface area contributed by atoms with Gasteiger partial charge in [0.15, 0.2) is 0 Å². The molecule has 3 rings (SSSR count). The Morgan fingerprint density at radius 1 is 1.29 bits per heavy atom. The third-order valence-corrected chi connectivity index (χ3v) is 6.97. The standard InChI is InChI=1S/C19H26N4O7S/c1-12(2)17-18(25)23(19(26)21-17)11-16(24)20-14-10-13(4-5-15(14)29-3)31(27,28)22-6-8-30-9-7-22/h4-5,10,12,17H,6-9,11H2,1-3H3,(H,20,24)(H,21,26). The molecule has 2 N–H and O–H groups in total. The van der Waals surface area contributed by atoms with Crippen molar-refractivity contribution in [3.8, 4) is 5.75 Å². The predicted octanol–water partition coefficient (Wildman–Crippen LogP) is 0.231. The van der Waals surface area contributed by atoms with Gasteiger partial charge in [0.1, 0.15) is 18.3 Å². The van der Waals surface area contributed by atoms with Crippen LogP contribution in [0.25, 0.3) is 0 Å². The molecular formula is C19H26N4O7S. The van der Waals surface area contributed by atoms with E-state index < -0.39 is 40.5 Å². The summed E-state index contributed by atoms with van der Waals surface area (Å²) in [6, 6.07) is 2.80. The molecule has 2 aliphatic rings. The van der Waals surface area contributed by atoms with Gasteiger partial charge in [0.25, 0.3) is 5.91 Å². The maximum Gasteiger partial charge on any atom is 0.325 e. The lowest BCUT2D eigenvalue weighted by Crippen LogP contribution is -2.40. The molecule has 0 bridgehead atoms. The maximum atomic E-state index is 12.9. The minimum atomic E-state index is -3.78. The molecule has 0 aromatic heterocycles. The third kappa shape index (κ3) is 4.81. The van der Waals surface area contributed by atoms with Crippen LogP contribution in [0, 0.1) is 5.92 Å². The van der Waals surface area contributed by atoms with Gasteiger partial charge in [-0.3, -0.25) is 14.5 Å². The largest absolute Gasteiger partial charge is 0.495 e. The normalized spacial score (nSPS) is 20.1. The summed E-state index contributed by atoms with van der Waals surface area (Å²) >= 11 is 0. The van der Waals surface area contributed by atoms with Gasteiger partial charge in [-0.2, -0.15) is 4.31 Å². The predicted molar refractivity (Wildman–Crippen MR) is 110 cm³/mol. The smallest absolute Gasteiger partial charge is 0.325 e. The summed E-state index contributed by atoms with van der Waals surface area (Å²) in [5, 5.41) is 5.09. The van der Waals surface area contributed by atoms with Gasteiger partial charge >= 0.3 is 6.03 Å². The second-order valence-electron chi connectivity index (χ2n) is 7.52. The van der Waals surface area contributed by atoms with Crippen LogP contribution >= 0.6 is 0 Å². The van der Waals surface area contributed by atoms with Gasteiger partial charge < -0.3 is 20.1 Å². The molecule has 11 nitrogen and oxygen atoms in total. The lowest BCUT2D eigenvalue weighted by Gasteiger charge is -2.26. The van der Waals surface area contributed by atoms with Crippen LogP contribution in [0.5, 0.6) is 5.75 Å². The third-order valence-electron chi connectivity index (χ3n) is 5.08. The average Bonchev–Trinajstić information content (AvgIpc) is 3.02. The summed E-state index contributed by atoms with van der Waals surface area (Å²) in [6.45, 7) is 4.16. The van der Waals surface area contributed by atoms with Crippen LogP contribution in [-0.2, 0) is 24.3 Å². The lowest BCUT2D eigenvalue weighted by molar-refractivity contribution is -0.131. The van der Waals surface area contributed by atoms with E-state index >= 15 is 0 Å². The van der Waals surface area contributed by atoms with Crippen molar-refractivity contribution in [2.75, 3.05) is 45.3 Å². The molecule has 0 aliphatic carbocycles. The quantitative estimate of drug-likeness (QED) is 0.563. The molecule has 0 radical (unpaired) electrons. The molecule has 2 aliphatic heterocycles. The summed E-state index contributed by atoms with van der Waals surface area (Å²) in [5.41, 5.74) is 0.120. The van der Waals surface area contributed by atoms with E-state index in [9.17, 15) is 22.8 Å². The molecule has 0 saturated carbocycles. The number of rotatable bonds is 7. The Morgan fingerprint density at radius 3 is 2.55 bits per heavy atom. The maximum absolute atomic E-state index is 12.9. The van der Waals surface area contributed by atoms with Crippen molar-refractivity contribution in [3.05, 3.63) is 18.2 Å². The number of anilines is 1. The molecule has 170 valence electrons. The second-order valence-corrected chi connectivity index (χ2v) is 9.46. The minimum Gasteiger partial charge on any atom is -0.495 e. The number of carbonyl (C=O) groups excluding carboxylic acids is 3. The molecule has 4 amide bonds. The van der Waals surface area contributed by atoms with Crippen LogP contribution in [0.1, 0.15) is 13.8 Å². The van der Waals surface area contributed by atoms with E-state index in [0.29, 0.717) is 13.2 Å². The number of nitrogens with one attached hydrogen (secondary N) is 2. The highest BCUT2D eigenvalue weighted by atomic mass is 32.2. The highest BCUT2D eigenvalue weighted by molar-refractivity contribution is 7.89. The van der Waals surface area contributed by atoms with Gasteiger partial charge in [-0.1, -0.05) is 13.8 Å². The highest BCUT2D eigenvalue weighted by Gasteiger charge is 2.40. The van der Waals surface area contributed by atoms with Crippen molar-refractivity contribution in [1.82, 2.24) is 14.5 Å². The number of benzene rings is 1. The fourth-order valence-electron chi connectivity index (χ4n) is 3.36. The van der Waals surface area contributed by atoms with Crippen molar-refractivity contribution in [3.63, 3.8) is 0 Å². The fraction of sp³-hybridized carbons (Fsp3) is 0.526. The molecule has 1 aromatic rings. The zero-order valence-corrected chi connectivity index (χ0v) is 18.4. The highest BCUT2D eigenvalue weighted by Crippen LogP contribution is 2.29. The first kappa shape index (κ1) is 23.0. The minimum absolute atomic E-state index is 0.0136. The average molecular weight is 455 g/mol. The zero-order chi connectivity index (χ0) is 22.8. The molecule has 1 atom stereocenters. The van der Waals surface area contributed by atoms with Gasteiger partial charge in [0.2, 0.25) is 15.9 Å². The number of methoxy groups -OCH3 is 1. The number of hydrogen-bond acceptors (Lipinski definition) is 7. The summed E-state index contributed by atoms with van der Waals surface area (Å²) in [5.74, 6) is -1.02. The summed E-state index contributed by atoms with van der Waals surface area (Å²) < 4.78 is 37.5. The molecule has 1 aromatic carbocycles. The van der Waals surface area contributed by atoms with Crippen molar-refractivity contribution in [2.45, 2.75) is 24.8 Å². The first-order chi connectivity index (χ1) is 14.6. The van der Waals surface area contributed by atoms with E-state index in [-0.39, 0.29) is 35.3 Å². The van der Waals surface area contributed by atoms with Crippen LogP contribution in [0.3, 0.4) is 0 Å². The summed E-state index contributed by atoms with van der Waals surface area (Å²) in [4.78, 5) is 37.8. The number of nitrogens with zero attached hydrogens (tertiary/aromatic N) is 2. The van der Waals surface area contributed by atoms with E-state index in [1.807, 2.05) is 0 Å². The Labute approximate surface area is 180 Å². The molecule has 2 heterocycles. The molecule has 2 fully saturated rings. The van der Waals surface area contributed by atoms with E-state index in [0.717, 1.165) is 4.90 Å². The Bertz CT molecular complexity index is 973. The molecular weight excluding hydrogens is 428 g/mol. The van der Waals surface area contributed by atoms with E-state index in [2.05, 4.69) is 10.6 Å². The van der Waals surface area contributed by atoms with Gasteiger partial charge in [0.05, 0.1) is 30.9 Å². The second kappa shape index (κ2) is 9.20. The number of urea groups is 1. The number of hydrogen-bond donors (Lipinski definition) is 2. The number of imide groups is 1. The Balaban J connectivity index is 1.77. The monoisotopic (exact) mass is 454 g/mol. The Hall–Kier alpha value is -2.70. The topological polar surface area (TPSA) is 134 Å². The lowest BCUT2D eigenvalue weighted by atomic mass is 10.1.